The Morgan fingerprint density at radius 2 is 2.06 bits per heavy atom. The predicted octanol–water partition coefficient (Wildman–Crippen LogP) is 3.13. The summed E-state index contributed by atoms with van der Waals surface area (Å²) in [5, 5.41) is 3.32. The van der Waals surface area contributed by atoms with Crippen LogP contribution >= 0.6 is 11.3 Å². The van der Waals surface area contributed by atoms with Crippen LogP contribution in [-0.2, 0) is 13.0 Å². The van der Waals surface area contributed by atoms with E-state index in [4.69, 9.17) is 0 Å². The van der Waals surface area contributed by atoms with Gasteiger partial charge in [0.2, 0.25) is 0 Å². The lowest BCUT2D eigenvalue weighted by Crippen LogP contribution is -2.05. The van der Waals surface area contributed by atoms with Gasteiger partial charge >= 0.3 is 0 Å². The maximum Gasteiger partial charge on any atom is 0.251 e. The van der Waals surface area contributed by atoms with Crippen LogP contribution in [0.25, 0.3) is 0 Å². The van der Waals surface area contributed by atoms with Gasteiger partial charge in [-0.1, -0.05) is 6.92 Å². The minimum Gasteiger partial charge on any atom is -0.361 e. The normalized spacial score (nSPS) is 10.7. The van der Waals surface area contributed by atoms with E-state index in [1.165, 1.54) is 11.3 Å². The van der Waals surface area contributed by atoms with Crippen LogP contribution in [0.5, 0.6) is 0 Å². The minimum absolute atomic E-state index is 0.222. The van der Waals surface area contributed by atoms with Crippen molar-refractivity contribution < 1.29 is 13.2 Å². The van der Waals surface area contributed by atoms with Gasteiger partial charge in [-0.25, -0.2) is 13.8 Å². The van der Waals surface area contributed by atoms with E-state index in [1.807, 2.05) is 6.92 Å². The van der Waals surface area contributed by atoms with Gasteiger partial charge in [-0.3, -0.25) is 0 Å². The average molecular weight is 273 g/mol. The summed E-state index contributed by atoms with van der Waals surface area (Å²) in [6.45, 7) is 2.22. The third kappa shape index (κ3) is 2.79. The van der Waals surface area contributed by atoms with Gasteiger partial charge in [0.15, 0.2) is 17.5 Å². The molecule has 0 aliphatic carbocycles. The standard InChI is InChI=1S/C11H10F3N3S/c1-2-6-4-15-9(18-6)5-16-11-8(13)3-7(12)10(14)17-11/h3-4H,2,5H2,1H3,(H,16,17). The first-order chi connectivity index (χ1) is 8.60. The fourth-order valence-corrected chi connectivity index (χ4v) is 2.12. The second-order valence-corrected chi connectivity index (χ2v) is 4.72. The molecule has 0 saturated carbocycles. The maximum atomic E-state index is 13.3. The molecule has 0 amide bonds. The molecule has 0 unspecified atom stereocenters. The third-order valence-electron chi connectivity index (χ3n) is 2.24. The van der Waals surface area contributed by atoms with E-state index < -0.39 is 17.6 Å². The van der Waals surface area contributed by atoms with Gasteiger partial charge in [0.25, 0.3) is 5.95 Å². The summed E-state index contributed by atoms with van der Waals surface area (Å²) >= 11 is 1.47. The number of halogens is 3. The first-order valence-electron chi connectivity index (χ1n) is 5.29. The molecule has 3 nitrogen and oxygen atoms in total. The molecule has 2 aromatic rings. The van der Waals surface area contributed by atoms with Gasteiger partial charge < -0.3 is 5.32 Å². The molecule has 2 heterocycles. The lowest BCUT2D eigenvalue weighted by Gasteiger charge is -2.04. The van der Waals surface area contributed by atoms with E-state index in [0.717, 1.165) is 16.3 Å². The van der Waals surface area contributed by atoms with Crippen molar-refractivity contribution in [1.29, 1.82) is 0 Å². The van der Waals surface area contributed by atoms with E-state index in [-0.39, 0.29) is 12.4 Å². The van der Waals surface area contributed by atoms with Crippen LogP contribution in [0.2, 0.25) is 0 Å². The summed E-state index contributed by atoms with van der Waals surface area (Å²) in [5.41, 5.74) is 0. The number of hydrogen-bond donors (Lipinski definition) is 1. The van der Waals surface area contributed by atoms with Crippen molar-refractivity contribution in [1.82, 2.24) is 9.97 Å². The highest BCUT2D eigenvalue weighted by Gasteiger charge is 2.11. The van der Waals surface area contributed by atoms with Gasteiger partial charge in [0.05, 0.1) is 6.54 Å². The second kappa shape index (κ2) is 5.34. The number of nitrogens with zero attached hydrogens (tertiary/aromatic N) is 2. The predicted molar refractivity (Wildman–Crippen MR) is 62.9 cm³/mol. The third-order valence-corrected chi connectivity index (χ3v) is 3.39. The fraction of sp³-hybridized carbons (Fsp3) is 0.273. The summed E-state index contributed by atoms with van der Waals surface area (Å²) in [7, 11) is 0. The lowest BCUT2D eigenvalue weighted by atomic mass is 10.4. The van der Waals surface area contributed by atoms with Gasteiger partial charge in [0, 0.05) is 17.1 Å². The Morgan fingerprint density at radius 1 is 1.28 bits per heavy atom. The SMILES string of the molecule is CCc1cnc(CNc2nc(F)c(F)cc2F)s1. The van der Waals surface area contributed by atoms with Crippen LogP contribution < -0.4 is 5.32 Å². The molecule has 0 aromatic carbocycles. The van der Waals surface area contributed by atoms with Crippen LogP contribution in [-0.4, -0.2) is 9.97 Å². The molecule has 96 valence electrons. The Balaban J connectivity index is 2.08. The number of thiazole rings is 1. The lowest BCUT2D eigenvalue weighted by molar-refractivity contribution is 0.466. The zero-order chi connectivity index (χ0) is 13.1. The van der Waals surface area contributed by atoms with E-state index >= 15 is 0 Å². The molecule has 0 atom stereocenters. The summed E-state index contributed by atoms with van der Waals surface area (Å²) in [4.78, 5) is 8.38. The first-order valence-corrected chi connectivity index (χ1v) is 6.10. The summed E-state index contributed by atoms with van der Waals surface area (Å²) < 4.78 is 38.8. The van der Waals surface area contributed by atoms with Crippen molar-refractivity contribution in [2.45, 2.75) is 19.9 Å². The topological polar surface area (TPSA) is 37.8 Å². The van der Waals surface area contributed by atoms with Crippen molar-refractivity contribution in [3.63, 3.8) is 0 Å². The first kappa shape index (κ1) is 12.8. The number of pyridine rings is 1. The molecule has 0 radical (unpaired) electrons. The molecule has 2 aromatic heterocycles. The largest absolute Gasteiger partial charge is 0.361 e. The molecule has 0 saturated heterocycles. The Bertz CT molecular complexity index is 556. The van der Waals surface area contributed by atoms with Gasteiger partial charge in [0.1, 0.15) is 5.01 Å². The van der Waals surface area contributed by atoms with Gasteiger partial charge in [-0.05, 0) is 6.42 Å². The maximum absolute atomic E-state index is 13.3. The number of aryl methyl sites for hydroxylation is 1. The van der Waals surface area contributed by atoms with E-state index in [2.05, 4.69) is 15.3 Å². The number of anilines is 1. The molecule has 0 aliphatic heterocycles. The molecule has 1 N–H and O–H groups in total. The number of aromatic nitrogens is 2. The van der Waals surface area contributed by atoms with Crippen molar-refractivity contribution >= 4 is 17.2 Å². The summed E-state index contributed by atoms with van der Waals surface area (Å²) in [6.07, 6.45) is 2.60. The van der Waals surface area contributed by atoms with Gasteiger partial charge in [-0.15, -0.1) is 11.3 Å². The van der Waals surface area contributed by atoms with Crippen LogP contribution in [0.1, 0.15) is 16.8 Å². The molecule has 0 aliphatic rings. The smallest absolute Gasteiger partial charge is 0.251 e. The van der Waals surface area contributed by atoms with Crippen molar-refractivity contribution in [2.24, 2.45) is 0 Å². The Labute approximate surface area is 106 Å². The quantitative estimate of drug-likeness (QED) is 0.870. The van der Waals surface area contributed by atoms with E-state index in [9.17, 15) is 13.2 Å². The second-order valence-electron chi connectivity index (χ2n) is 3.52. The zero-order valence-corrected chi connectivity index (χ0v) is 10.3. The molecule has 0 fully saturated rings. The van der Waals surface area contributed by atoms with E-state index in [0.29, 0.717) is 6.07 Å². The van der Waals surface area contributed by atoms with Crippen LogP contribution in [0.4, 0.5) is 19.0 Å². The van der Waals surface area contributed by atoms with Crippen molar-refractivity contribution in [3.05, 3.63) is 39.7 Å². The molecular formula is C11H10F3N3S. The Hall–Kier alpha value is -1.63. The van der Waals surface area contributed by atoms with Gasteiger partial charge in [-0.2, -0.15) is 9.37 Å². The zero-order valence-electron chi connectivity index (χ0n) is 9.51. The average Bonchev–Trinajstić information content (AvgIpc) is 2.80. The molecule has 7 heteroatoms. The number of hydrogen-bond acceptors (Lipinski definition) is 4. The molecule has 2 rings (SSSR count). The molecule has 0 spiro atoms. The fourth-order valence-electron chi connectivity index (χ4n) is 1.32. The molecular weight excluding hydrogens is 263 g/mol. The Kier molecular flexibility index (Phi) is 3.81. The van der Waals surface area contributed by atoms with E-state index in [1.54, 1.807) is 6.20 Å². The van der Waals surface area contributed by atoms with Crippen molar-refractivity contribution in [3.8, 4) is 0 Å². The minimum atomic E-state index is -1.33. The molecule has 0 bridgehead atoms. The monoisotopic (exact) mass is 273 g/mol. The van der Waals surface area contributed by atoms with Crippen LogP contribution in [0, 0.1) is 17.6 Å². The van der Waals surface area contributed by atoms with Crippen LogP contribution in [0.15, 0.2) is 12.3 Å². The highest BCUT2D eigenvalue weighted by atomic mass is 32.1. The number of rotatable bonds is 4. The van der Waals surface area contributed by atoms with Crippen molar-refractivity contribution in [2.75, 3.05) is 5.32 Å². The summed E-state index contributed by atoms with van der Waals surface area (Å²) in [6, 6.07) is 0.462. The Morgan fingerprint density at radius 3 is 2.72 bits per heavy atom. The highest BCUT2D eigenvalue weighted by molar-refractivity contribution is 7.11. The molecule has 18 heavy (non-hydrogen) atoms. The van der Waals surface area contributed by atoms with Crippen LogP contribution in [0.3, 0.4) is 0 Å². The summed E-state index contributed by atoms with van der Waals surface area (Å²) in [5.74, 6) is -3.88. The highest BCUT2D eigenvalue weighted by Crippen LogP contribution is 2.17. The number of nitrogens with one attached hydrogen (secondary N) is 1.